The Morgan fingerprint density at radius 1 is 1.16 bits per heavy atom. The number of hydrogen-bond donors (Lipinski definition) is 0. The van der Waals surface area contributed by atoms with Crippen LogP contribution in [0.15, 0.2) is 24.3 Å². The van der Waals surface area contributed by atoms with Crippen LogP contribution in [0.25, 0.3) is 0 Å². The number of benzene rings is 1. The second kappa shape index (κ2) is 4.97. The predicted molar refractivity (Wildman–Crippen MR) is 89.0 cm³/mol. The Hall–Kier alpha value is -0.763. The molecule has 0 N–H and O–H groups in total. The smallest absolute Gasteiger partial charge is 0.0443 e. The number of nitrogens with zero attached hydrogens (tertiary/aromatic N) is 1. The maximum atomic E-state index is 2.63. The van der Waals surface area contributed by atoms with E-state index in [1.165, 1.54) is 30.3 Å². The molecular weight excluding hydrogens is 246 g/mol. The van der Waals surface area contributed by atoms with E-state index in [9.17, 15) is 0 Å². The molecule has 1 heterocycles. The van der Waals surface area contributed by atoms with Crippen molar-refractivity contribution >= 4 is 13.8 Å². The van der Waals surface area contributed by atoms with Gasteiger partial charge in [0, 0.05) is 31.8 Å². The number of para-hydroxylation sites is 1. The van der Waals surface area contributed by atoms with E-state index in [1.807, 2.05) is 0 Å². The summed E-state index contributed by atoms with van der Waals surface area (Å²) in [6, 6.07) is 11.0. The van der Waals surface area contributed by atoms with Crippen molar-refractivity contribution in [2.75, 3.05) is 11.4 Å². The quantitative estimate of drug-likeness (QED) is 0.706. The summed E-state index contributed by atoms with van der Waals surface area (Å²) in [6.07, 6.45) is 1.34. The SMILES string of the molecule is CC1N(CCC[Si](C)(C)C)c2ccccc2C1(C)C. The summed E-state index contributed by atoms with van der Waals surface area (Å²) in [5.74, 6) is 0. The number of fused-ring (bicyclic) bond motifs is 1. The van der Waals surface area contributed by atoms with E-state index in [4.69, 9.17) is 0 Å². The summed E-state index contributed by atoms with van der Waals surface area (Å²) in [4.78, 5) is 2.63. The molecule has 0 spiro atoms. The molecule has 1 aliphatic heterocycles. The van der Waals surface area contributed by atoms with Gasteiger partial charge in [-0.1, -0.05) is 57.7 Å². The topological polar surface area (TPSA) is 3.24 Å². The monoisotopic (exact) mass is 275 g/mol. The van der Waals surface area contributed by atoms with Gasteiger partial charge in [-0.05, 0) is 25.0 Å². The largest absolute Gasteiger partial charge is 0.368 e. The van der Waals surface area contributed by atoms with E-state index in [0.29, 0.717) is 6.04 Å². The highest BCUT2D eigenvalue weighted by atomic mass is 28.3. The van der Waals surface area contributed by atoms with Crippen molar-refractivity contribution in [1.29, 1.82) is 0 Å². The molecule has 0 saturated carbocycles. The molecule has 0 saturated heterocycles. The second-order valence-corrected chi connectivity index (χ2v) is 13.4. The Bertz CT molecular complexity index is 445. The van der Waals surface area contributed by atoms with Gasteiger partial charge in [-0.15, -0.1) is 0 Å². The van der Waals surface area contributed by atoms with Gasteiger partial charge in [0.2, 0.25) is 0 Å². The van der Waals surface area contributed by atoms with Gasteiger partial charge in [-0.25, -0.2) is 0 Å². The van der Waals surface area contributed by atoms with Crippen LogP contribution in [0.5, 0.6) is 0 Å². The lowest BCUT2D eigenvalue weighted by Gasteiger charge is -2.32. The standard InChI is InChI=1S/C17H29NSi/c1-14-17(2,3)15-10-7-8-11-16(15)18(14)12-9-13-19(4,5)6/h7-8,10-11,14H,9,12-13H2,1-6H3. The summed E-state index contributed by atoms with van der Waals surface area (Å²) in [5, 5.41) is 0. The van der Waals surface area contributed by atoms with Crippen LogP contribution in [0.4, 0.5) is 5.69 Å². The fourth-order valence-electron chi connectivity index (χ4n) is 3.19. The van der Waals surface area contributed by atoms with E-state index in [1.54, 1.807) is 0 Å². The van der Waals surface area contributed by atoms with Gasteiger partial charge in [0.25, 0.3) is 0 Å². The molecule has 1 aromatic rings. The van der Waals surface area contributed by atoms with E-state index in [2.05, 4.69) is 69.6 Å². The summed E-state index contributed by atoms with van der Waals surface area (Å²) >= 11 is 0. The molecule has 0 fully saturated rings. The Balaban J connectivity index is 2.14. The van der Waals surface area contributed by atoms with Crippen LogP contribution in [0, 0.1) is 0 Å². The summed E-state index contributed by atoms with van der Waals surface area (Å²) < 4.78 is 0. The number of anilines is 1. The van der Waals surface area contributed by atoms with Crippen molar-refractivity contribution in [1.82, 2.24) is 0 Å². The van der Waals surface area contributed by atoms with Gasteiger partial charge in [0.05, 0.1) is 0 Å². The normalized spacial score (nSPS) is 21.6. The summed E-state index contributed by atoms with van der Waals surface area (Å²) in [6.45, 7) is 15.8. The van der Waals surface area contributed by atoms with Crippen LogP contribution >= 0.6 is 0 Å². The van der Waals surface area contributed by atoms with Gasteiger partial charge >= 0.3 is 0 Å². The van der Waals surface area contributed by atoms with Crippen molar-refractivity contribution in [3.05, 3.63) is 29.8 Å². The molecular formula is C17H29NSi. The Labute approximate surface area is 120 Å². The first kappa shape index (κ1) is 14.6. The van der Waals surface area contributed by atoms with Gasteiger partial charge in [-0.3, -0.25) is 0 Å². The first-order valence-corrected chi connectivity index (χ1v) is 11.3. The van der Waals surface area contributed by atoms with Gasteiger partial charge in [0.15, 0.2) is 0 Å². The Kier molecular flexibility index (Phi) is 3.83. The average Bonchev–Trinajstić information content (AvgIpc) is 2.50. The predicted octanol–water partition coefficient (Wildman–Crippen LogP) is 4.90. The van der Waals surface area contributed by atoms with Crippen molar-refractivity contribution in [2.45, 2.75) is 64.3 Å². The average molecular weight is 276 g/mol. The molecule has 0 bridgehead atoms. The van der Waals surface area contributed by atoms with Crippen molar-refractivity contribution in [3.8, 4) is 0 Å². The fourth-order valence-corrected chi connectivity index (χ4v) is 4.40. The highest BCUT2D eigenvalue weighted by Gasteiger charge is 2.41. The first-order valence-electron chi connectivity index (χ1n) is 7.59. The van der Waals surface area contributed by atoms with E-state index in [-0.39, 0.29) is 5.41 Å². The zero-order valence-corrected chi connectivity index (χ0v) is 14.5. The van der Waals surface area contributed by atoms with Crippen LogP contribution in [0.2, 0.25) is 25.7 Å². The van der Waals surface area contributed by atoms with Crippen molar-refractivity contribution < 1.29 is 0 Å². The molecule has 2 rings (SSSR count). The molecule has 0 radical (unpaired) electrons. The zero-order chi connectivity index (χ0) is 14.3. The first-order chi connectivity index (χ1) is 8.73. The maximum Gasteiger partial charge on any atom is 0.0443 e. The number of hydrogen-bond acceptors (Lipinski definition) is 1. The molecule has 2 heteroatoms. The molecule has 1 aliphatic rings. The Morgan fingerprint density at radius 2 is 1.79 bits per heavy atom. The molecule has 1 nitrogen and oxygen atoms in total. The van der Waals surface area contributed by atoms with Crippen LogP contribution < -0.4 is 4.90 Å². The van der Waals surface area contributed by atoms with Gasteiger partial charge in [0.1, 0.15) is 0 Å². The van der Waals surface area contributed by atoms with Crippen LogP contribution in [0.3, 0.4) is 0 Å². The third-order valence-electron chi connectivity index (χ3n) is 4.75. The van der Waals surface area contributed by atoms with E-state index < -0.39 is 8.07 Å². The zero-order valence-electron chi connectivity index (χ0n) is 13.5. The van der Waals surface area contributed by atoms with Crippen LogP contribution in [-0.2, 0) is 5.41 Å². The van der Waals surface area contributed by atoms with Crippen molar-refractivity contribution in [3.63, 3.8) is 0 Å². The van der Waals surface area contributed by atoms with Crippen molar-refractivity contribution in [2.24, 2.45) is 0 Å². The third kappa shape index (κ3) is 2.89. The minimum atomic E-state index is -0.905. The molecule has 106 valence electrons. The molecule has 1 unspecified atom stereocenters. The molecule has 0 aliphatic carbocycles. The van der Waals surface area contributed by atoms with Crippen LogP contribution in [-0.4, -0.2) is 20.7 Å². The Morgan fingerprint density at radius 3 is 2.42 bits per heavy atom. The third-order valence-corrected chi connectivity index (χ3v) is 6.60. The highest BCUT2D eigenvalue weighted by molar-refractivity contribution is 6.76. The molecule has 0 amide bonds. The lowest BCUT2D eigenvalue weighted by molar-refractivity contribution is 0.440. The second-order valence-electron chi connectivity index (χ2n) is 7.77. The summed E-state index contributed by atoms with van der Waals surface area (Å²) in [5.41, 5.74) is 3.27. The van der Waals surface area contributed by atoms with Gasteiger partial charge < -0.3 is 4.90 Å². The highest BCUT2D eigenvalue weighted by Crippen LogP contribution is 2.44. The van der Waals surface area contributed by atoms with Crippen LogP contribution in [0.1, 0.15) is 32.8 Å². The fraction of sp³-hybridized carbons (Fsp3) is 0.647. The summed E-state index contributed by atoms with van der Waals surface area (Å²) in [7, 11) is -0.905. The minimum Gasteiger partial charge on any atom is -0.368 e. The number of rotatable bonds is 4. The lowest BCUT2D eigenvalue weighted by atomic mass is 9.81. The van der Waals surface area contributed by atoms with Gasteiger partial charge in [-0.2, -0.15) is 0 Å². The maximum absolute atomic E-state index is 2.63. The lowest BCUT2D eigenvalue weighted by Crippen LogP contribution is -2.39. The molecule has 19 heavy (non-hydrogen) atoms. The van der Waals surface area contributed by atoms with E-state index in [0.717, 1.165) is 0 Å². The minimum absolute atomic E-state index is 0.274. The molecule has 1 atom stereocenters. The molecule has 0 aromatic heterocycles. The molecule has 1 aromatic carbocycles. The van der Waals surface area contributed by atoms with E-state index >= 15 is 0 Å².